The maximum Gasteiger partial charge on any atom is 0.254 e. The minimum Gasteiger partial charge on any atom is -0.454 e. The molecular formula is C13H16N2O3. The highest BCUT2D eigenvalue weighted by Crippen LogP contribution is 2.32. The summed E-state index contributed by atoms with van der Waals surface area (Å²) in [5, 5.41) is 3.27. The van der Waals surface area contributed by atoms with Crippen molar-refractivity contribution in [2.24, 2.45) is 0 Å². The number of rotatable bonds is 1. The van der Waals surface area contributed by atoms with E-state index in [1.165, 1.54) is 0 Å². The molecule has 0 saturated carbocycles. The third-order valence-corrected chi connectivity index (χ3v) is 3.38. The highest BCUT2D eigenvalue weighted by atomic mass is 16.7. The number of hydrogen-bond donors (Lipinski definition) is 1. The Morgan fingerprint density at radius 2 is 2.22 bits per heavy atom. The van der Waals surface area contributed by atoms with Gasteiger partial charge in [-0.2, -0.15) is 0 Å². The molecule has 1 aromatic rings. The highest BCUT2D eigenvalue weighted by Gasteiger charge is 2.25. The van der Waals surface area contributed by atoms with Gasteiger partial charge in [0.15, 0.2) is 11.5 Å². The van der Waals surface area contributed by atoms with Crippen molar-refractivity contribution in [1.82, 2.24) is 10.2 Å². The molecule has 1 N–H and O–H groups in total. The van der Waals surface area contributed by atoms with Crippen LogP contribution in [-0.2, 0) is 0 Å². The predicted molar refractivity (Wildman–Crippen MR) is 65.9 cm³/mol. The molecule has 96 valence electrons. The van der Waals surface area contributed by atoms with Crippen molar-refractivity contribution >= 4 is 5.91 Å². The lowest BCUT2D eigenvalue weighted by Gasteiger charge is -2.34. The van der Waals surface area contributed by atoms with Crippen molar-refractivity contribution in [3.63, 3.8) is 0 Å². The SMILES string of the molecule is C[C@@H]1CNCCN1C(=O)c1ccc2c(c1)OCO2. The van der Waals surface area contributed by atoms with Crippen LogP contribution in [0.5, 0.6) is 11.5 Å². The van der Waals surface area contributed by atoms with E-state index in [4.69, 9.17) is 9.47 Å². The largest absolute Gasteiger partial charge is 0.454 e. The van der Waals surface area contributed by atoms with Crippen LogP contribution in [0.3, 0.4) is 0 Å². The zero-order valence-corrected chi connectivity index (χ0v) is 10.3. The van der Waals surface area contributed by atoms with Crippen molar-refractivity contribution in [2.45, 2.75) is 13.0 Å². The first-order chi connectivity index (χ1) is 8.75. The number of ether oxygens (including phenoxy) is 2. The average Bonchev–Trinajstić information content (AvgIpc) is 2.85. The Hall–Kier alpha value is -1.75. The standard InChI is InChI=1S/C13H16N2O3/c1-9-7-14-4-5-15(9)13(16)10-2-3-11-12(6-10)18-8-17-11/h2-3,6,9,14H,4-5,7-8H2,1H3/t9-/m1/s1. The molecule has 1 aromatic carbocycles. The summed E-state index contributed by atoms with van der Waals surface area (Å²) in [4.78, 5) is 14.3. The van der Waals surface area contributed by atoms with E-state index >= 15 is 0 Å². The van der Waals surface area contributed by atoms with Gasteiger partial charge in [-0.1, -0.05) is 0 Å². The first-order valence-electron chi connectivity index (χ1n) is 6.17. The van der Waals surface area contributed by atoms with Crippen molar-refractivity contribution in [3.8, 4) is 11.5 Å². The zero-order chi connectivity index (χ0) is 12.5. The van der Waals surface area contributed by atoms with Crippen LogP contribution in [0, 0.1) is 0 Å². The van der Waals surface area contributed by atoms with Gasteiger partial charge < -0.3 is 19.7 Å². The van der Waals surface area contributed by atoms with Gasteiger partial charge >= 0.3 is 0 Å². The summed E-state index contributed by atoms with van der Waals surface area (Å²) >= 11 is 0. The second-order valence-electron chi connectivity index (χ2n) is 4.62. The molecule has 0 aliphatic carbocycles. The number of piperazine rings is 1. The molecule has 0 radical (unpaired) electrons. The van der Waals surface area contributed by atoms with Gasteiger partial charge in [0, 0.05) is 31.2 Å². The molecular weight excluding hydrogens is 232 g/mol. The van der Waals surface area contributed by atoms with Gasteiger partial charge in [-0.15, -0.1) is 0 Å². The zero-order valence-electron chi connectivity index (χ0n) is 10.3. The number of hydrogen-bond acceptors (Lipinski definition) is 4. The number of nitrogens with zero attached hydrogens (tertiary/aromatic N) is 1. The molecule has 5 nitrogen and oxygen atoms in total. The van der Waals surface area contributed by atoms with Crippen molar-refractivity contribution in [1.29, 1.82) is 0 Å². The van der Waals surface area contributed by atoms with Crippen LogP contribution in [0.15, 0.2) is 18.2 Å². The molecule has 0 bridgehead atoms. The predicted octanol–water partition coefficient (Wildman–Crippen LogP) is 0.849. The summed E-state index contributed by atoms with van der Waals surface area (Å²) in [5.74, 6) is 1.42. The van der Waals surface area contributed by atoms with Crippen LogP contribution in [0.1, 0.15) is 17.3 Å². The highest BCUT2D eigenvalue weighted by molar-refractivity contribution is 5.95. The summed E-state index contributed by atoms with van der Waals surface area (Å²) in [6.45, 7) is 4.72. The molecule has 0 spiro atoms. The van der Waals surface area contributed by atoms with E-state index in [0.29, 0.717) is 17.1 Å². The minimum absolute atomic E-state index is 0.0577. The van der Waals surface area contributed by atoms with Crippen LogP contribution in [-0.4, -0.2) is 43.3 Å². The lowest BCUT2D eigenvalue weighted by atomic mass is 10.1. The monoisotopic (exact) mass is 248 g/mol. The van der Waals surface area contributed by atoms with Gasteiger partial charge in [0.2, 0.25) is 6.79 Å². The third-order valence-electron chi connectivity index (χ3n) is 3.38. The first kappa shape index (κ1) is 11.3. The van der Waals surface area contributed by atoms with E-state index in [1.807, 2.05) is 4.90 Å². The van der Waals surface area contributed by atoms with Crippen molar-refractivity contribution in [3.05, 3.63) is 23.8 Å². The second kappa shape index (κ2) is 4.49. The molecule has 1 amide bonds. The molecule has 1 saturated heterocycles. The van der Waals surface area contributed by atoms with E-state index < -0.39 is 0 Å². The van der Waals surface area contributed by atoms with Gasteiger partial charge in [0.25, 0.3) is 5.91 Å². The maximum atomic E-state index is 12.4. The second-order valence-corrected chi connectivity index (χ2v) is 4.62. The van der Waals surface area contributed by atoms with Crippen LogP contribution in [0.4, 0.5) is 0 Å². The van der Waals surface area contributed by atoms with Crippen molar-refractivity contribution in [2.75, 3.05) is 26.4 Å². The molecule has 1 fully saturated rings. The molecule has 2 aliphatic heterocycles. The van der Waals surface area contributed by atoms with Gasteiger partial charge in [0.05, 0.1) is 0 Å². The van der Waals surface area contributed by atoms with E-state index in [1.54, 1.807) is 18.2 Å². The lowest BCUT2D eigenvalue weighted by molar-refractivity contribution is 0.0655. The molecule has 0 unspecified atom stereocenters. The van der Waals surface area contributed by atoms with E-state index in [2.05, 4.69) is 12.2 Å². The molecule has 2 heterocycles. The Morgan fingerprint density at radius 3 is 3.06 bits per heavy atom. The normalized spacial score (nSPS) is 22.1. The fraction of sp³-hybridized carbons (Fsp3) is 0.462. The van der Waals surface area contributed by atoms with Crippen LogP contribution >= 0.6 is 0 Å². The van der Waals surface area contributed by atoms with E-state index in [0.717, 1.165) is 19.6 Å². The molecule has 0 aromatic heterocycles. The maximum absolute atomic E-state index is 12.4. The molecule has 3 rings (SSSR count). The van der Waals surface area contributed by atoms with Crippen LogP contribution < -0.4 is 14.8 Å². The van der Waals surface area contributed by atoms with Crippen LogP contribution in [0.25, 0.3) is 0 Å². The van der Waals surface area contributed by atoms with E-state index in [9.17, 15) is 4.79 Å². The number of benzene rings is 1. The molecule has 5 heteroatoms. The Bertz CT molecular complexity index is 475. The molecule has 1 atom stereocenters. The fourth-order valence-electron chi connectivity index (χ4n) is 2.34. The Labute approximate surface area is 106 Å². The number of carbonyl (C=O) groups is 1. The van der Waals surface area contributed by atoms with Crippen LogP contribution in [0.2, 0.25) is 0 Å². The molecule has 2 aliphatic rings. The number of fused-ring (bicyclic) bond motifs is 1. The Kier molecular flexibility index (Phi) is 2.83. The topological polar surface area (TPSA) is 50.8 Å². The minimum atomic E-state index is 0.0577. The lowest BCUT2D eigenvalue weighted by Crippen LogP contribution is -2.52. The van der Waals surface area contributed by atoms with Crippen molar-refractivity contribution < 1.29 is 14.3 Å². The van der Waals surface area contributed by atoms with Gasteiger partial charge in [0.1, 0.15) is 0 Å². The summed E-state index contributed by atoms with van der Waals surface area (Å²) < 4.78 is 10.5. The smallest absolute Gasteiger partial charge is 0.254 e. The van der Waals surface area contributed by atoms with E-state index in [-0.39, 0.29) is 18.7 Å². The van der Waals surface area contributed by atoms with Gasteiger partial charge in [-0.25, -0.2) is 0 Å². The average molecular weight is 248 g/mol. The number of amides is 1. The Balaban J connectivity index is 1.83. The van der Waals surface area contributed by atoms with Gasteiger partial charge in [-0.05, 0) is 25.1 Å². The molecule has 18 heavy (non-hydrogen) atoms. The first-order valence-corrected chi connectivity index (χ1v) is 6.17. The quantitative estimate of drug-likeness (QED) is 0.800. The fourth-order valence-corrected chi connectivity index (χ4v) is 2.34. The number of carbonyl (C=O) groups excluding carboxylic acids is 1. The summed E-state index contributed by atoms with van der Waals surface area (Å²) in [6.07, 6.45) is 0. The Morgan fingerprint density at radius 1 is 1.39 bits per heavy atom. The summed E-state index contributed by atoms with van der Waals surface area (Å²) in [7, 11) is 0. The van der Waals surface area contributed by atoms with Gasteiger partial charge in [-0.3, -0.25) is 4.79 Å². The summed E-state index contributed by atoms with van der Waals surface area (Å²) in [5.41, 5.74) is 0.660. The summed E-state index contributed by atoms with van der Waals surface area (Å²) in [6, 6.07) is 5.57. The third kappa shape index (κ3) is 1.90. The number of nitrogens with one attached hydrogen (secondary N) is 1.